The molecule has 0 amide bonds. The molecule has 0 aromatic heterocycles. The second kappa shape index (κ2) is 6.95. The van der Waals surface area contributed by atoms with Crippen LogP contribution in [0.2, 0.25) is 5.02 Å². The minimum Gasteiger partial charge on any atom is -0.282 e. The van der Waals surface area contributed by atoms with Crippen LogP contribution in [0.1, 0.15) is 11.1 Å². The van der Waals surface area contributed by atoms with Crippen LogP contribution in [0.4, 0.5) is 0 Å². The van der Waals surface area contributed by atoms with E-state index in [0.29, 0.717) is 10.6 Å². The van der Waals surface area contributed by atoms with Crippen molar-refractivity contribution in [3.05, 3.63) is 70.8 Å². The Morgan fingerprint density at radius 2 is 1.75 bits per heavy atom. The first-order chi connectivity index (χ1) is 9.67. The highest BCUT2D eigenvalue weighted by molar-refractivity contribution is 8.14. The molecule has 0 bridgehead atoms. The fourth-order valence-corrected chi connectivity index (χ4v) is 2.25. The standard InChI is InChI=1S/C16H10ClNOS/c17-14-6-8-15(9-7-14)20-16(19)10-5-12-1-3-13(11-18)4-2-12/h1-10H/b10-5+. The number of thioether (sulfide) groups is 1. The van der Waals surface area contributed by atoms with Crippen molar-refractivity contribution in [2.75, 3.05) is 0 Å². The van der Waals surface area contributed by atoms with Crippen molar-refractivity contribution in [1.29, 1.82) is 5.26 Å². The lowest BCUT2D eigenvalue weighted by molar-refractivity contribution is -0.106. The first kappa shape index (κ1) is 14.4. The van der Waals surface area contributed by atoms with Crippen molar-refractivity contribution in [2.45, 2.75) is 4.90 Å². The van der Waals surface area contributed by atoms with Gasteiger partial charge in [-0.25, -0.2) is 0 Å². The number of rotatable bonds is 3. The lowest BCUT2D eigenvalue weighted by atomic mass is 10.1. The van der Waals surface area contributed by atoms with Gasteiger partial charge in [-0.3, -0.25) is 4.79 Å². The summed E-state index contributed by atoms with van der Waals surface area (Å²) >= 11 is 6.93. The SMILES string of the molecule is N#Cc1ccc(/C=C/C(=O)Sc2ccc(Cl)cc2)cc1. The van der Waals surface area contributed by atoms with E-state index < -0.39 is 0 Å². The Kier molecular flexibility index (Phi) is 5.00. The number of hydrogen-bond donors (Lipinski definition) is 0. The number of nitrogens with zero attached hydrogens (tertiary/aromatic N) is 1. The van der Waals surface area contributed by atoms with Gasteiger partial charge in [-0.05, 0) is 59.8 Å². The molecule has 0 aliphatic rings. The third-order valence-electron chi connectivity index (χ3n) is 2.48. The molecule has 0 fully saturated rings. The minimum absolute atomic E-state index is 0.0586. The number of benzene rings is 2. The molecule has 98 valence electrons. The zero-order valence-electron chi connectivity index (χ0n) is 10.4. The molecule has 0 saturated heterocycles. The summed E-state index contributed by atoms with van der Waals surface area (Å²) < 4.78 is 0. The summed E-state index contributed by atoms with van der Waals surface area (Å²) in [4.78, 5) is 12.6. The zero-order chi connectivity index (χ0) is 14.4. The molecule has 0 aliphatic heterocycles. The number of nitriles is 1. The minimum atomic E-state index is -0.0586. The van der Waals surface area contributed by atoms with Gasteiger partial charge in [-0.2, -0.15) is 5.26 Å². The van der Waals surface area contributed by atoms with E-state index in [4.69, 9.17) is 16.9 Å². The third kappa shape index (κ3) is 4.27. The highest BCUT2D eigenvalue weighted by atomic mass is 35.5. The molecule has 0 N–H and O–H groups in total. The topological polar surface area (TPSA) is 40.9 Å². The quantitative estimate of drug-likeness (QED) is 0.617. The largest absolute Gasteiger partial charge is 0.282 e. The maximum Gasteiger partial charge on any atom is 0.216 e. The summed E-state index contributed by atoms with van der Waals surface area (Å²) in [5, 5.41) is 9.28. The molecule has 2 aromatic carbocycles. The van der Waals surface area contributed by atoms with Crippen LogP contribution in [0.5, 0.6) is 0 Å². The lowest BCUT2D eigenvalue weighted by Crippen LogP contribution is -1.84. The fraction of sp³-hybridized carbons (Fsp3) is 0. The Hall–Kier alpha value is -2.02. The Morgan fingerprint density at radius 1 is 1.10 bits per heavy atom. The monoisotopic (exact) mass is 299 g/mol. The molecule has 0 atom stereocenters. The number of carbonyl (C=O) groups is 1. The molecule has 4 heteroatoms. The van der Waals surface area contributed by atoms with Crippen LogP contribution in [-0.4, -0.2) is 5.12 Å². The summed E-state index contributed by atoms with van der Waals surface area (Å²) in [7, 11) is 0. The fourth-order valence-electron chi connectivity index (χ4n) is 1.49. The van der Waals surface area contributed by atoms with Crippen molar-refractivity contribution < 1.29 is 4.79 Å². The van der Waals surface area contributed by atoms with Crippen molar-refractivity contribution in [2.24, 2.45) is 0 Å². The van der Waals surface area contributed by atoms with Crippen LogP contribution in [0.15, 0.2) is 59.5 Å². The zero-order valence-corrected chi connectivity index (χ0v) is 12.0. The van der Waals surface area contributed by atoms with Crippen molar-refractivity contribution in [3.8, 4) is 6.07 Å². The molecule has 2 aromatic rings. The van der Waals surface area contributed by atoms with Crippen LogP contribution in [0.25, 0.3) is 6.08 Å². The molecule has 0 unspecified atom stereocenters. The summed E-state index contributed by atoms with van der Waals surface area (Å²) in [5.41, 5.74) is 1.48. The third-order valence-corrected chi connectivity index (χ3v) is 3.58. The lowest BCUT2D eigenvalue weighted by Gasteiger charge is -1.97. The van der Waals surface area contributed by atoms with Gasteiger partial charge >= 0.3 is 0 Å². The van der Waals surface area contributed by atoms with Crippen LogP contribution in [-0.2, 0) is 4.79 Å². The first-order valence-electron chi connectivity index (χ1n) is 5.83. The van der Waals surface area contributed by atoms with Crippen LogP contribution >= 0.6 is 23.4 Å². The maximum absolute atomic E-state index is 11.8. The van der Waals surface area contributed by atoms with E-state index in [9.17, 15) is 4.79 Å². The summed E-state index contributed by atoms with van der Waals surface area (Å²) in [6.45, 7) is 0. The van der Waals surface area contributed by atoms with Crippen molar-refractivity contribution >= 4 is 34.6 Å². The molecular formula is C16H10ClNOS. The molecule has 0 spiro atoms. The molecule has 2 nitrogen and oxygen atoms in total. The number of hydrogen-bond acceptors (Lipinski definition) is 3. The predicted molar refractivity (Wildman–Crippen MR) is 82.5 cm³/mol. The molecular weight excluding hydrogens is 290 g/mol. The van der Waals surface area contributed by atoms with Crippen LogP contribution in [0.3, 0.4) is 0 Å². The molecule has 0 saturated carbocycles. The van der Waals surface area contributed by atoms with Crippen LogP contribution < -0.4 is 0 Å². The molecule has 0 heterocycles. The van der Waals surface area contributed by atoms with Gasteiger partial charge in [0, 0.05) is 9.92 Å². The summed E-state index contributed by atoms with van der Waals surface area (Å²) in [6, 6.07) is 16.2. The summed E-state index contributed by atoms with van der Waals surface area (Å²) in [5.74, 6) is 0. The first-order valence-corrected chi connectivity index (χ1v) is 7.02. The molecule has 0 aliphatic carbocycles. The van der Waals surface area contributed by atoms with Crippen LogP contribution in [0, 0.1) is 11.3 Å². The van der Waals surface area contributed by atoms with E-state index in [0.717, 1.165) is 22.2 Å². The molecule has 20 heavy (non-hydrogen) atoms. The van der Waals surface area contributed by atoms with E-state index in [1.165, 1.54) is 6.08 Å². The van der Waals surface area contributed by atoms with E-state index in [1.54, 1.807) is 54.6 Å². The van der Waals surface area contributed by atoms with Gasteiger partial charge in [-0.1, -0.05) is 29.8 Å². The van der Waals surface area contributed by atoms with E-state index in [1.807, 2.05) is 0 Å². The van der Waals surface area contributed by atoms with Gasteiger partial charge in [0.25, 0.3) is 0 Å². The second-order valence-corrected chi connectivity index (χ2v) is 5.46. The van der Waals surface area contributed by atoms with Gasteiger partial charge in [0.15, 0.2) is 0 Å². The predicted octanol–water partition coefficient (Wildman–Crippen LogP) is 4.54. The summed E-state index contributed by atoms with van der Waals surface area (Å²) in [6.07, 6.45) is 3.24. The van der Waals surface area contributed by atoms with Gasteiger partial charge in [0.05, 0.1) is 11.6 Å². The van der Waals surface area contributed by atoms with Crippen molar-refractivity contribution in [1.82, 2.24) is 0 Å². The Morgan fingerprint density at radius 3 is 2.35 bits per heavy atom. The van der Waals surface area contributed by atoms with Gasteiger partial charge in [0.2, 0.25) is 5.12 Å². The van der Waals surface area contributed by atoms with Gasteiger partial charge < -0.3 is 0 Å². The normalized spacial score (nSPS) is 10.4. The molecule has 2 rings (SSSR count). The van der Waals surface area contributed by atoms with Gasteiger partial charge in [0.1, 0.15) is 0 Å². The number of halogens is 1. The van der Waals surface area contributed by atoms with E-state index in [2.05, 4.69) is 6.07 Å². The Bertz CT molecular complexity index is 669. The highest BCUT2D eigenvalue weighted by Crippen LogP contribution is 2.21. The smallest absolute Gasteiger partial charge is 0.216 e. The van der Waals surface area contributed by atoms with E-state index in [-0.39, 0.29) is 5.12 Å². The Balaban J connectivity index is 1.98. The molecule has 0 radical (unpaired) electrons. The highest BCUT2D eigenvalue weighted by Gasteiger charge is 2.00. The average Bonchev–Trinajstić information content (AvgIpc) is 2.48. The van der Waals surface area contributed by atoms with Crippen molar-refractivity contribution in [3.63, 3.8) is 0 Å². The second-order valence-electron chi connectivity index (χ2n) is 3.94. The van der Waals surface area contributed by atoms with E-state index >= 15 is 0 Å². The van der Waals surface area contributed by atoms with Gasteiger partial charge in [-0.15, -0.1) is 0 Å². The number of carbonyl (C=O) groups excluding carboxylic acids is 1. The average molecular weight is 300 g/mol. The Labute approximate surface area is 126 Å². The maximum atomic E-state index is 11.8.